The van der Waals surface area contributed by atoms with Crippen molar-refractivity contribution in [1.82, 2.24) is 0 Å². The van der Waals surface area contributed by atoms with Crippen molar-refractivity contribution < 1.29 is 80.2 Å². The van der Waals surface area contributed by atoms with E-state index in [2.05, 4.69) is 55.4 Å². The second-order valence-corrected chi connectivity index (χ2v) is 32.1. The molecule has 0 heterocycles. The first-order chi connectivity index (χ1) is 46.2. The molecule has 0 rings (SSSR count). The molecular weight excluding hydrogens is 1260 g/mol. The van der Waals surface area contributed by atoms with Gasteiger partial charge in [-0.2, -0.15) is 0 Å². The number of phosphoric ester groups is 2. The fourth-order valence-electron chi connectivity index (χ4n) is 11.7. The molecule has 0 aliphatic rings. The number of esters is 4. The molecule has 4 unspecified atom stereocenters. The van der Waals surface area contributed by atoms with Crippen LogP contribution >= 0.6 is 15.6 Å². The summed E-state index contributed by atoms with van der Waals surface area (Å²) in [5.41, 5.74) is 0. The Bertz CT molecular complexity index is 1890. The van der Waals surface area contributed by atoms with E-state index < -0.39 is 97.5 Å². The smallest absolute Gasteiger partial charge is 0.462 e. The Morgan fingerprint density at radius 3 is 0.740 bits per heavy atom. The molecule has 0 bridgehead atoms. The maximum atomic E-state index is 13.1. The van der Waals surface area contributed by atoms with Crippen molar-refractivity contribution in [2.24, 2.45) is 23.7 Å². The number of aliphatic hydroxyl groups excluding tert-OH is 1. The standard InChI is InChI=1S/C77H150O17P2/c1-9-69(7)55-47-39-30-24-18-13-11-12-14-19-26-32-41-49-57-74(79)87-63-72(93-76(81)59-51-43-33-27-20-16-15-17-23-29-37-45-53-67(3)4)65-91-95(83,84)89-61-71(78)62-90-96(85,86)92-66-73(64-88-75(80)58-50-42-36-35-38-46-54-68(5)6)94-77(82)60-52-44-34-28-22-21-25-31-40-48-56-70(8)10-2/h67-73,78H,9-66H2,1-8H3,(H,83,84)(H,85,86)/t69?,70?,71-,72-,73-/m1/s1. The first-order valence-corrected chi connectivity index (χ1v) is 42.8. The second kappa shape index (κ2) is 66.3. The minimum absolute atomic E-state index is 0.105. The molecule has 19 heteroatoms. The lowest BCUT2D eigenvalue weighted by Gasteiger charge is -2.21. The normalized spacial score (nSPS) is 14.7. The summed E-state index contributed by atoms with van der Waals surface area (Å²) in [6, 6.07) is 0. The van der Waals surface area contributed by atoms with E-state index in [1.807, 2.05) is 0 Å². The minimum Gasteiger partial charge on any atom is -0.462 e. The summed E-state index contributed by atoms with van der Waals surface area (Å²) in [6.07, 6.45) is 51.3. The van der Waals surface area contributed by atoms with Crippen LogP contribution in [0.15, 0.2) is 0 Å². The molecule has 17 nitrogen and oxygen atoms in total. The van der Waals surface area contributed by atoms with Crippen LogP contribution in [0, 0.1) is 23.7 Å². The second-order valence-electron chi connectivity index (χ2n) is 29.2. The van der Waals surface area contributed by atoms with Crippen LogP contribution in [0.25, 0.3) is 0 Å². The molecule has 7 atom stereocenters. The molecule has 0 amide bonds. The van der Waals surface area contributed by atoms with Crippen molar-refractivity contribution in [3.8, 4) is 0 Å². The van der Waals surface area contributed by atoms with E-state index in [0.29, 0.717) is 31.6 Å². The number of unbranched alkanes of at least 4 members (excludes halogenated alkanes) is 38. The Kier molecular flexibility index (Phi) is 65.0. The Labute approximate surface area is 588 Å². The number of carbonyl (C=O) groups excluding carboxylic acids is 4. The van der Waals surface area contributed by atoms with Crippen molar-refractivity contribution >= 4 is 39.5 Å². The fraction of sp³-hybridized carbons (Fsp3) is 0.948. The predicted octanol–water partition coefficient (Wildman–Crippen LogP) is 22.4. The molecular formula is C77H150O17P2. The van der Waals surface area contributed by atoms with Gasteiger partial charge in [0, 0.05) is 25.7 Å². The lowest BCUT2D eigenvalue weighted by Crippen LogP contribution is -2.30. The van der Waals surface area contributed by atoms with E-state index in [1.54, 1.807) is 0 Å². The molecule has 0 aliphatic carbocycles. The zero-order valence-electron chi connectivity index (χ0n) is 63.0. The highest BCUT2D eigenvalue weighted by atomic mass is 31.2. The van der Waals surface area contributed by atoms with E-state index in [0.717, 1.165) is 114 Å². The van der Waals surface area contributed by atoms with Gasteiger partial charge >= 0.3 is 39.5 Å². The van der Waals surface area contributed by atoms with Crippen LogP contribution in [0.1, 0.15) is 389 Å². The summed E-state index contributed by atoms with van der Waals surface area (Å²) in [4.78, 5) is 72.8. The first-order valence-electron chi connectivity index (χ1n) is 39.8. The topological polar surface area (TPSA) is 237 Å². The quantitative estimate of drug-likeness (QED) is 0.0222. The van der Waals surface area contributed by atoms with Gasteiger partial charge in [0.05, 0.1) is 26.4 Å². The van der Waals surface area contributed by atoms with E-state index in [4.69, 9.17) is 37.0 Å². The highest BCUT2D eigenvalue weighted by molar-refractivity contribution is 7.47. The third-order valence-corrected chi connectivity index (χ3v) is 20.4. The van der Waals surface area contributed by atoms with Gasteiger partial charge in [-0.25, -0.2) is 9.13 Å². The maximum absolute atomic E-state index is 13.1. The summed E-state index contributed by atoms with van der Waals surface area (Å²) in [5.74, 6) is 0.988. The van der Waals surface area contributed by atoms with Gasteiger partial charge < -0.3 is 33.8 Å². The summed E-state index contributed by atoms with van der Waals surface area (Å²) in [6.45, 7) is 14.2. The number of ether oxygens (including phenoxy) is 4. The van der Waals surface area contributed by atoms with Crippen molar-refractivity contribution in [1.29, 1.82) is 0 Å². The number of hydrogen-bond donors (Lipinski definition) is 3. The van der Waals surface area contributed by atoms with E-state index in [-0.39, 0.29) is 25.7 Å². The number of aliphatic hydroxyl groups is 1. The number of phosphoric acid groups is 2. The Hall–Kier alpha value is -1.94. The van der Waals surface area contributed by atoms with E-state index in [9.17, 15) is 43.2 Å². The average molecular weight is 1410 g/mol. The van der Waals surface area contributed by atoms with E-state index >= 15 is 0 Å². The predicted molar refractivity (Wildman–Crippen MR) is 391 cm³/mol. The molecule has 96 heavy (non-hydrogen) atoms. The van der Waals surface area contributed by atoms with Gasteiger partial charge in [-0.05, 0) is 49.4 Å². The fourth-order valence-corrected chi connectivity index (χ4v) is 13.2. The third kappa shape index (κ3) is 67.9. The van der Waals surface area contributed by atoms with Gasteiger partial charge in [0.2, 0.25) is 0 Å². The van der Waals surface area contributed by atoms with Crippen molar-refractivity contribution in [3.63, 3.8) is 0 Å². The monoisotopic (exact) mass is 1410 g/mol. The van der Waals surface area contributed by atoms with Crippen LogP contribution < -0.4 is 0 Å². The summed E-state index contributed by atoms with van der Waals surface area (Å²) < 4.78 is 68.5. The molecule has 0 saturated heterocycles. The Morgan fingerprint density at radius 1 is 0.292 bits per heavy atom. The average Bonchev–Trinajstić information content (AvgIpc) is 2.76. The number of carbonyl (C=O) groups is 4. The Balaban J connectivity index is 5.24. The molecule has 0 spiro atoms. The van der Waals surface area contributed by atoms with Crippen LogP contribution in [-0.4, -0.2) is 96.7 Å². The lowest BCUT2D eigenvalue weighted by atomic mass is 9.99. The lowest BCUT2D eigenvalue weighted by molar-refractivity contribution is -0.161. The molecule has 0 aromatic rings. The SMILES string of the molecule is CCC(C)CCCCCCCCCCCCCCCCC(=O)OC[C@H](COP(=O)(O)OC[C@@H](O)COP(=O)(O)OC[C@@H](COC(=O)CCCCCCCCC(C)C)OC(=O)CCCCCCCCCCCCC(C)CC)OC(=O)CCCCCCCCCCCCCCC(C)C. The van der Waals surface area contributed by atoms with Crippen LogP contribution in [0.4, 0.5) is 0 Å². The molecule has 0 aromatic heterocycles. The molecule has 0 aliphatic heterocycles. The third-order valence-electron chi connectivity index (χ3n) is 18.5. The summed E-state index contributed by atoms with van der Waals surface area (Å²) in [7, 11) is -9.91. The van der Waals surface area contributed by atoms with Gasteiger partial charge in [-0.1, -0.05) is 338 Å². The molecule has 0 saturated carbocycles. The van der Waals surface area contributed by atoms with Gasteiger partial charge in [-0.15, -0.1) is 0 Å². The van der Waals surface area contributed by atoms with Gasteiger partial charge in [0.15, 0.2) is 12.2 Å². The van der Waals surface area contributed by atoms with Gasteiger partial charge in [0.1, 0.15) is 19.3 Å². The molecule has 0 fully saturated rings. The molecule has 0 radical (unpaired) electrons. The van der Waals surface area contributed by atoms with Gasteiger partial charge in [-0.3, -0.25) is 37.3 Å². The van der Waals surface area contributed by atoms with Crippen molar-refractivity contribution in [2.75, 3.05) is 39.6 Å². The van der Waals surface area contributed by atoms with Crippen LogP contribution in [0.3, 0.4) is 0 Å². The summed E-state index contributed by atoms with van der Waals surface area (Å²) >= 11 is 0. The highest BCUT2D eigenvalue weighted by Crippen LogP contribution is 2.45. The van der Waals surface area contributed by atoms with Crippen molar-refractivity contribution in [3.05, 3.63) is 0 Å². The number of rotatable bonds is 74. The maximum Gasteiger partial charge on any atom is 0.472 e. The van der Waals surface area contributed by atoms with E-state index in [1.165, 1.54) is 186 Å². The zero-order valence-corrected chi connectivity index (χ0v) is 64.8. The molecule has 3 N–H and O–H groups in total. The number of hydrogen-bond acceptors (Lipinski definition) is 15. The first kappa shape index (κ1) is 94.1. The minimum atomic E-state index is -4.96. The van der Waals surface area contributed by atoms with Crippen LogP contribution in [0.5, 0.6) is 0 Å². The molecule has 0 aromatic carbocycles. The van der Waals surface area contributed by atoms with Gasteiger partial charge in [0.25, 0.3) is 0 Å². The Morgan fingerprint density at radius 2 is 0.500 bits per heavy atom. The largest absolute Gasteiger partial charge is 0.472 e. The summed E-state index contributed by atoms with van der Waals surface area (Å²) in [5, 5.41) is 10.6. The van der Waals surface area contributed by atoms with Crippen molar-refractivity contribution in [2.45, 2.75) is 408 Å². The zero-order chi connectivity index (χ0) is 71.0. The highest BCUT2D eigenvalue weighted by Gasteiger charge is 2.30. The molecule has 570 valence electrons. The van der Waals surface area contributed by atoms with Crippen LogP contribution in [0.2, 0.25) is 0 Å². The van der Waals surface area contributed by atoms with Crippen LogP contribution in [-0.2, 0) is 65.4 Å².